The number of hydrogen-bond acceptors (Lipinski definition) is 0. The predicted molar refractivity (Wildman–Crippen MR) is 92.3 cm³/mol. The van der Waals surface area contributed by atoms with Gasteiger partial charge < -0.3 is 0 Å². The van der Waals surface area contributed by atoms with Crippen LogP contribution >= 0.6 is 0 Å². The van der Waals surface area contributed by atoms with E-state index < -0.39 is 0 Å². The standard InChI is InChI=1S/C21H19F/c22-21-14-11-17(12-15-21)6-2-1-3-7-18-10-13-19-8-4-5-9-20(19)16-18/h3-5,7-16H,1-2,6H2/b7-3+. The van der Waals surface area contributed by atoms with E-state index in [-0.39, 0.29) is 5.82 Å². The Hall–Kier alpha value is -2.41. The molecule has 3 rings (SSSR count). The molecule has 0 spiro atoms. The van der Waals surface area contributed by atoms with E-state index in [4.69, 9.17) is 0 Å². The Balaban J connectivity index is 1.53. The molecule has 0 aromatic heterocycles. The fourth-order valence-electron chi connectivity index (χ4n) is 2.61. The number of aryl methyl sites for hydroxylation is 1. The van der Waals surface area contributed by atoms with Crippen LogP contribution in [0, 0.1) is 5.82 Å². The highest BCUT2D eigenvalue weighted by Gasteiger charge is 1.94. The summed E-state index contributed by atoms with van der Waals surface area (Å²) < 4.78 is 12.8. The van der Waals surface area contributed by atoms with E-state index in [9.17, 15) is 4.39 Å². The molecule has 0 atom stereocenters. The van der Waals surface area contributed by atoms with Gasteiger partial charge in [-0.15, -0.1) is 0 Å². The van der Waals surface area contributed by atoms with E-state index in [1.54, 1.807) is 0 Å². The van der Waals surface area contributed by atoms with Crippen molar-refractivity contribution in [3.63, 3.8) is 0 Å². The van der Waals surface area contributed by atoms with Crippen molar-refractivity contribution in [2.24, 2.45) is 0 Å². The molecule has 0 aliphatic carbocycles. The van der Waals surface area contributed by atoms with Crippen molar-refractivity contribution in [3.8, 4) is 0 Å². The van der Waals surface area contributed by atoms with Crippen LogP contribution in [0.25, 0.3) is 16.8 Å². The molecular weight excluding hydrogens is 271 g/mol. The number of fused-ring (bicyclic) bond motifs is 1. The van der Waals surface area contributed by atoms with Crippen LogP contribution in [0.15, 0.2) is 72.8 Å². The van der Waals surface area contributed by atoms with E-state index >= 15 is 0 Å². The molecule has 0 bridgehead atoms. The molecule has 22 heavy (non-hydrogen) atoms. The lowest BCUT2D eigenvalue weighted by Gasteiger charge is -2.00. The first-order chi connectivity index (χ1) is 10.8. The molecule has 0 saturated carbocycles. The zero-order valence-electron chi connectivity index (χ0n) is 12.5. The molecular formula is C21H19F. The van der Waals surface area contributed by atoms with Gasteiger partial charge in [0.1, 0.15) is 5.82 Å². The second-order valence-corrected chi connectivity index (χ2v) is 5.53. The summed E-state index contributed by atoms with van der Waals surface area (Å²) in [4.78, 5) is 0. The smallest absolute Gasteiger partial charge is 0.123 e. The summed E-state index contributed by atoms with van der Waals surface area (Å²) in [5.41, 5.74) is 2.43. The Bertz CT molecular complexity index is 769. The third-order valence-electron chi connectivity index (χ3n) is 3.83. The van der Waals surface area contributed by atoms with Crippen LogP contribution in [0.3, 0.4) is 0 Å². The minimum absolute atomic E-state index is 0.167. The van der Waals surface area contributed by atoms with Gasteiger partial charge in [-0.25, -0.2) is 4.39 Å². The molecule has 3 aromatic carbocycles. The Morgan fingerprint density at radius 2 is 1.59 bits per heavy atom. The molecule has 0 heterocycles. The third-order valence-corrected chi connectivity index (χ3v) is 3.83. The molecule has 110 valence electrons. The maximum Gasteiger partial charge on any atom is 0.123 e. The Kier molecular flexibility index (Phi) is 4.65. The maximum absolute atomic E-state index is 12.8. The second kappa shape index (κ2) is 7.04. The van der Waals surface area contributed by atoms with Crippen molar-refractivity contribution < 1.29 is 4.39 Å². The topological polar surface area (TPSA) is 0 Å². The summed E-state index contributed by atoms with van der Waals surface area (Å²) in [6.45, 7) is 0. The van der Waals surface area contributed by atoms with Crippen LogP contribution in [0.1, 0.15) is 24.0 Å². The fraction of sp³-hybridized carbons (Fsp3) is 0.143. The molecule has 0 fully saturated rings. The molecule has 1 heteroatoms. The minimum Gasteiger partial charge on any atom is -0.207 e. The Morgan fingerprint density at radius 3 is 2.41 bits per heavy atom. The number of hydrogen-bond donors (Lipinski definition) is 0. The van der Waals surface area contributed by atoms with Crippen LogP contribution < -0.4 is 0 Å². The summed E-state index contributed by atoms with van der Waals surface area (Å²) in [6, 6.07) is 21.7. The van der Waals surface area contributed by atoms with E-state index in [1.807, 2.05) is 12.1 Å². The summed E-state index contributed by atoms with van der Waals surface area (Å²) in [7, 11) is 0. The van der Waals surface area contributed by atoms with Crippen molar-refractivity contribution in [2.75, 3.05) is 0 Å². The van der Waals surface area contributed by atoms with Crippen molar-refractivity contribution in [1.82, 2.24) is 0 Å². The van der Waals surface area contributed by atoms with Crippen molar-refractivity contribution in [2.45, 2.75) is 19.3 Å². The quantitative estimate of drug-likeness (QED) is 0.504. The van der Waals surface area contributed by atoms with Crippen LogP contribution in [0.4, 0.5) is 4.39 Å². The van der Waals surface area contributed by atoms with Gasteiger partial charge >= 0.3 is 0 Å². The van der Waals surface area contributed by atoms with Crippen molar-refractivity contribution >= 4 is 16.8 Å². The highest BCUT2D eigenvalue weighted by Crippen LogP contribution is 2.17. The van der Waals surface area contributed by atoms with Gasteiger partial charge in [0.25, 0.3) is 0 Å². The van der Waals surface area contributed by atoms with Gasteiger partial charge in [-0.3, -0.25) is 0 Å². The molecule has 0 saturated heterocycles. The monoisotopic (exact) mass is 290 g/mol. The normalized spacial score (nSPS) is 11.3. The van der Waals surface area contributed by atoms with Crippen LogP contribution in [-0.4, -0.2) is 0 Å². The maximum atomic E-state index is 12.8. The lowest BCUT2D eigenvalue weighted by atomic mass is 10.1. The lowest BCUT2D eigenvalue weighted by Crippen LogP contribution is -1.84. The first kappa shape index (κ1) is 14.5. The summed E-state index contributed by atoms with van der Waals surface area (Å²) in [5.74, 6) is -0.167. The van der Waals surface area contributed by atoms with Gasteiger partial charge in [-0.05, 0) is 59.4 Å². The SMILES string of the molecule is Fc1ccc(CCC/C=C/c2ccc3ccccc3c2)cc1. The number of halogens is 1. The minimum atomic E-state index is -0.167. The van der Waals surface area contributed by atoms with E-state index in [2.05, 4.69) is 54.6 Å². The van der Waals surface area contributed by atoms with Gasteiger partial charge in [0.2, 0.25) is 0 Å². The van der Waals surface area contributed by atoms with Gasteiger partial charge in [-0.1, -0.05) is 60.7 Å². The molecule has 0 aliphatic heterocycles. The molecule has 0 amide bonds. The zero-order chi connectivity index (χ0) is 15.2. The second-order valence-electron chi connectivity index (χ2n) is 5.53. The fourth-order valence-corrected chi connectivity index (χ4v) is 2.61. The molecule has 0 nitrogen and oxygen atoms in total. The highest BCUT2D eigenvalue weighted by molar-refractivity contribution is 5.84. The summed E-state index contributed by atoms with van der Waals surface area (Å²) >= 11 is 0. The molecule has 0 unspecified atom stereocenters. The number of allylic oxidation sites excluding steroid dienone is 1. The first-order valence-corrected chi connectivity index (χ1v) is 7.71. The number of rotatable bonds is 5. The molecule has 0 N–H and O–H groups in total. The summed E-state index contributed by atoms with van der Waals surface area (Å²) in [5, 5.41) is 2.55. The first-order valence-electron chi connectivity index (χ1n) is 7.71. The third kappa shape index (κ3) is 3.82. The van der Waals surface area contributed by atoms with Gasteiger partial charge in [0.05, 0.1) is 0 Å². The van der Waals surface area contributed by atoms with E-state index in [0.717, 1.165) is 19.3 Å². The molecule has 0 radical (unpaired) electrons. The largest absolute Gasteiger partial charge is 0.207 e. The van der Waals surface area contributed by atoms with Crippen LogP contribution in [-0.2, 0) is 6.42 Å². The molecule has 3 aromatic rings. The van der Waals surface area contributed by atoms with E-state index in [1.165, 1.54) is 34.0 Å². The number of unbranched alkanes of at least 4 members (excludes halogenated alkanes) is 1. The van der Waals surface area contributed by atoms with Gasteiger partial charge in [-0.2, -0.15) is 0 Å². The molecule has 0 aliphatic rings. The van der Waals surface area contributed by atoms with Crippen LogP contribution in [0.2, 0.25) is 0 Å². The van der Waals surface area contributed by atoms with Gasteiger partial charge in [0, 0.05) is 0 Å². The van der Waals surface area contributed by atoms with E-state index in [0.29, 0.717) is 0 Å². The Labute approximate surface area is 130 Å². The number of benzene rings is 3. The van der Waals surface area contributed by atoms with Gasteiger partial charge in [0.15, 0.2) is 0 Å². The highest BCUT2D eigenvalue weighted by atomic mass is 19.1. The van der Waals surface area contributed by atoms with Crippen LogP contribution in [0.5, 0.6) is 0 Å². The average Bonchev–Trinajstić information content (AvgIpc) is 2.56. The Morgan fingerprint density at radius 1 is 0.818 bits per heavy atom. The predicted octanol–water partition coefficient (Wildman–Crippen LogP) is 6.02. The van der Waals surface area contributed by atoms with Crippen molar-refractivity contribution in [3.05, 3.63) is 89.8 Å². The lowest BCUT2D eigenvalue weighted by molar-refractivity contribution is 0.626. The summed E-state index contributed by atoms with van der Waals surface area (Å²) in [6.07, 6.45) is 7.49. The average molecular weight is 290 g/mol. The zero-order valence-corrected chi connectivity index (χ0v) is 12.5. The van der Waals surface area contributed by atoms with Crippen molar-refractivity contribution in [1.29, 1.82) is 0 Å².